The highest BCUT2D eigenvalue weighted by Crippen LogP contribution is 2.26. The molecular formula is C12H17Cl2N5O. The maximum atomic E-state index is 8.71. The van der Waals surface area contributed by atoms with E-state index in [0.29, 0.717) is 10.0 Å². The van der Waals surface area contributed by atoms with Crippen molar-refractivity contribution in [2.24, 2.45) is 10.9 Å². The van der Waals surface area contributed by atoms with Crippen molar-refractivity contribution < 1.29 is 5.21 Å². The first-order chi connectivity index (χ1) is 9.52. The second kappa shape index (κ2) is 6.47. The molecule has 1 aromatic rings. The zero-order valence-corrected chi connectivity index (χ0v) is 12.6. The van der Waals surface area contributed by atoms with Gasteiger partial charge in [0.1, 0.15) is 5.82 Å². The molecule has 3 N–H and O–H groups in total. The van der Waals surface area contributed by atoms with Gasteiger partial charge in [-0.05, 0) is 13.0 Å². The fourth-order valence-corrected chi connectivity index (χ4v) is 2.73. The number of pyridine rings is 1. The quantitative estimate of drug-likeness (QED) is 0.383. The lowest BCUT2D eigenvalue weighted by molar-refractivity contribution is 0.230. The molecule has 1 unspecified atom stereocenters. The smallest absolute Gasteiger partial charge is 0.156 e. The van der Waals surface area contributed by atoms with Crippen LogP contribution in [0.1, 0.15) is 6.92 Å². The van der Waals surface area contributed by atoms with E-state index in [9.17, 15) is 0 Å². The summed E-state index contributed by atoms with van der Waals surface area (Å²) in [5, 5.41) is 12.8. The van der Waals surface area contributed by atoms with E-state index >= 15 is 0 Å². The second-order valence-corrected chi connectivity index (χ2v) is 5.53. The van der Waals surface area contributed by atoms with Crippen LogP contribution in [0.4, 0.5) is 5.82 Å². The van der Waals surface area contributed by atoms with Crippen LogP contribution < -0.4 is 10.6 Å². The Bertz CT molecular complexity index is 503. The lowest BCUT2D eigenvalue weighted by Gasteiger charge is -2.38. The number of amidine groups is 1. The SMILES string of the molecule is CC(C(N)=NO)N1CCN(c2ncc(Cl)cc2Cl)CC1. The Morgan fingerprint density at radius 3 is 2.60 bits per heavy atom. The van der Waals surface area contributed by atoms with Gasteiger partial charge < -0.3 is 15.8 Å². The van der Waals surface area contributed by atoms with Crippen LogP contribution in [0.2, 0.25) is 10.0 Å². The highest BCUT2D eigenvalue weighted by molar-refractivity contribution is 6.36. The lowest BCUT2D eigenvalue weighted by atomic mass is 10.2. The van der Waals surface area contributed by atoms with E-state index in [4.69, 9.17) is 34.1 Å². The number of hydrogen-bond donors (Lipinski definition) is 2. The average molecular weight is 318 g/mol. The van der Waals surface area contributed by atoms with E-state index in [2.05, 4.69) is 19.9 Å². The van der Waals surface area contributed by atoms with Crippen LogP contribution in [0, 0.1) is 0 Å². The number of rotatable bonds is 3. The molecule has 1 fully saturated rings. The predicted octanol–water partition coefficient (Wildman–Crippen LogP) is 1.65. The molecule has 1 atom stereocenters. The molecule has 1 aliphatic heterocycles. The zero-order valence-electron chi connectivity index (χ0n) is 11.1. The van der Waals surface area contributed by atoms with Gasteiger partial charge in [-0.15, -0.1) is 0 Å². The first-order valence-electron chi connectivity index (χ1n) is 6.30. The fourth-order valence-electron chi connectivity index (χ4n) is 2.23. The van der Waals surface area contributed by atoms with Crippen molar-refractivity contribution in [3.63, 3.8) is 0 Å². The minimum atomic E-state index is -0.0872. The molecule has 0 aromatic carbocycles. The molecule has 0 bridgehead atoms. The Morgan fingerprint density at radius 1 is 1.40 bits per heavy atom. The van der Waals surface area contributed by atoms with Crippen LogP contribution in [0.3, 0.4) is 0 Å². The normalized spacial score (nSPS) is 19.1. The number of halogens is 2. The third kappa shape index (κ3) is 3.26. The van der Waals surface area contributed by atoms with E-state index in [-0.39, 0.29) is 11.9 Å². The molecule has 0 amide bonds. The molecule has 2 rings (SSSR count). The average Bonchev–Trinajstić information content (AvgIpc) is 2.46. The molecule has 0 saturated carbocycles. The number of nitrogens with two attached hydrogens (primary N) is 1. The number of nitrogens with zero attached hydrogens (tertiary/aromatic N) is 4. The number of aromatic nitrogens is 1. The van der Waals surface area contributed by atoms with Crippen LogP contribution in [-0.4, -0.2) is 53.1 Å². The summed E-state index contributed by atoms with van der Waals surface area (Å²) in [5.74, 6) is 0.966. The lowest BCUT2D eigenvalue weighted by Crippen LogP contribution is -2.53. The summed E-state index contributed by atoms with van der Waals surface area (Å²) in [6.45, 7) is 5.04. The molecule has 1 saturated heterocycles. The minimum absolute atomic E-state index is 0.0872. The number of oxime groups is 1. The van der Waals surface area contributed by atoms with E-state index in [1.165, 1.54) is 0 Å². The van der Waals surface area contributed by atoms with Crippen molar-refractivity contribution in [1.29, 1.82) is 0 Å². The Labute approximate surface area is 127 Å². The molecule has 6 nitrogen and oxygen atoms in total. The summed E-state index contributed by atoms with van der Waals surface area (Å²) in [7, 11) is 0. The number of anilines is 1. The highest BCUT2D eigenvalue weighted by Gasteiger charge is 2.25. The maximum Gasteiger partial charge on any atom is 0.156 e. The van der Waals surface area contributed by atoms with Crippen molar-refractivity contribution >= 4 is 34.9 Å². The van der Waals surface area contributed by atoms with Crippen molar-refractivity contribution in [3.8, 4) is 0 Å². The Hall–Kier alpha value is -1.24. The van der Waals surface area contributed by atoms with Crippen molar-refractivity contribution in [2.75, 3.05) is 31.1 Å². The molecule has 0 aliphatic carbocycles. The van der Waals surface area contributed by atoms with Crippen LogP contribution in [0.15, 0.2) is 17.4 Å². The van der Waals surface area contributed by atoms with Gasteiger partial charge in [-0.25, -0.2) is 4.98 Å². The summed E-state index contributed by atoms with van der Waals surface area (Å²) >= 11 is 12.0. The minimum Gasteiger partial charge on any atom is -0.409 e. The summed E-state index contributed by atoms with van der Waals surface area (Å²) < 4.78 is 0. The third-order valence-electron chi connectivity index (χ3n) is 3.49. The molecule has 110 valence electrons. The summed E-state index contributed by atoms with van der Waals surface area (Å²) in [5.41, 5.74) is 5.63. The number of hydrogen-bond acceptors (Lipinski definition) is 5. The molecule has 1 aromatic heterocycles. The second-order valence-electron chi connectivity index (χ2n) is 4.68. The van der Waals surface area contributed by atoms with Gasteiger partial charge in [-0.3, -0.25) is 4.90 Å². The van der Waals surface area contributed by atoms with Crippen molar-refractivity contribution in [1.82, 2.24) is 9.88 Å². The molecule has 8 heteroatoms. The van der Waals surface area contributed by atoms with Crippen LogP contribution in [0.25, 0.3) is 0 Å². The molecule has 2 heterocycles. The van der Waals surface area contributed by atoms with Gasteiger partial charge in [0.05, 0.1) is 16.1 Å². The van der Waals surface area contributed by atoms with Gasteiger partial charge in [-0.2, -0.15) is 0 Å². The third-order valence-corrected chi connectivity index (χ3v) is 3.98. The van der Waals surface area contributed by atoms with Gasteiger partial charge in [0.15, 0.2) is 5.84 Å². The summed E-state index contributed by atoms with van der Waals surface area (Å²) in [4.78, 5) is 8.53. The Balaban J connectivity index is 2.01. The molecule has 0 radical (unpaired) electrons. The Morgan fingerprint density at radius 2 is 2.05 bits per heavy atom. The largest absolute Gasteiger partial charge is 0.409 e. The first kappa shape index (κ1) is 15.2. The van der Waals surface area contributed by atoms with Crippen molar-refractivity contribution in [2.45, 2.75) is 13.0 Å². The van der Waals surface area contributed by atoms with Crippen LogP contribution in [-0.2, 0) is 0 Å². The number of piperazine rings is 1. The predicted molar refractivity (Wildman–Crippen MR) is 80.9 cm³/mol. The molecular weight excluding hydrogens is 301 g/mol. The van der Waals surface area contributed by atoms with Gasteiger partial charge in [0.2, 0.25) is 0 Å². The zero-order chi connectivity index (χ0) is 14.7. The Kier molecular flexibility index (Phi) is 4.91. The monoisotopic (exact) mass is 317 g/mol. The summed E-state index contributed by atoms with van der Waals surface area (Å²) in [6.07, 6.45) is 1.59. The molecule has 0 spiro atoms. The van der Waals surface area contributed by atoms with Gasteiger partial charge in [0.25, 0.3) is 0 Å². The first-order valence-corrected chi connectivity index (χ1v) is 7.06. The fraction of sp³-hybridized carbons (Fsp3) is 0.500. The van der Waals surface area contributed by atoms with Gasteiger partial charge >= 0.3 is 0 Å². The van der Waals surface area contributed by atoms with Gasteiger partial charge in [0, 0.05) is 32.4 Å². The van der Waals surface area contributed by atoms with E-state index in [1.54, 1.807) is 12.3 Å². The molecule has 20 heavy (non-hydrogen) atoms. The van der Waals surface area contributed by atoms with Crippen LogP contribution in [0.5, 0.6) is 0 Å². The summed E-state index contributed by atoms with van der Waals surface area (Å²) in [6, 6.07) is 1.60. The van der Waals surface area contributed by atoms with Gasteiger partial charge in [-0.1, -0.05) is 28.4 Å². The molecule has 1 aliphatic rings. The van der Waals surface area contributed by atoms with E-state index in [1.807, 2.05) is 6.92 Å². The highest BCUT2D eigenvalue weighted by atomic mass is 35.5. The topological polar surface area (TPSA) is 78.0 Å². The van der Waals surface area contributed by atoms with Crippen LogP contribution >= 0.6 is 23.2 Å². The standard InChI is InChI=1S/C12H17Cl2N5O/c1-8(11(15)17-20)18-2-4-19(5-3-18)12-10(14)6-9(13)7-16-12/h6-8,20H,2-5H2,1H3,(H2,15,17). The van der Waals surface area contributed by atoms with E-state index in [0.717, 1.165) is 32.0 Å². The van der Waals surface area contributed by atoms with E-state index < -0.39 is 0 Å². The van der Waals surface area contributed by atoms with Crippen molar-refractivity contribution in [3.05, 3.63) is 22.3 Å². The maximum absolute atomic E-state index is 8.71.